The van der Waals surface area contributed by atoms with Gasteiger partial charge >= 0.3 is 59.6 Å². The summed E-state index contributed by atoms with van der Waals surface area (Å²) in [5.74, 6) is 0. The fraction of sp³-hybridized carbons (Fsp3) is 1.00. The standard InChI is InChI=1S/CH4S.K.HO3P.H2O/c1-2;;1-4(2)3;/h2H,1H3;;(H,1,2,3);1H2/q;+1;;. The van der Waals surface area contributed by atoms with Crippen molar-refractivity contribution < 1.29 is 71.2 Å². The molecule has 0 rings (SSSR count). The minimum absolute atomic E-state index is 0. The van der Waals surface area contributed by atoms with E-state index in [0.717, 1.165) is 0 Å². The molecule has 0 aromatic carbocycles. The minimum Gasteiger partial charge on any atom is -0.870 e. The molecule has 0 aliphatic heterocycles. The van der Waals surface area contributed by atoms with Crippen molar-refractivity contribution in [1.82, 2.24) is 0 Å². The van der Waals surface area contributed by atoms with Crippen LogP contribution >= 0.6 is 8.25 Å². The molecule has 0 fully saturated rings. The average Bonchev–Trinajstić information content (AvgIpc) is 1.41. The van der Waals surface area contributed by atoms with E-state index in [1.54, 1.807) is 6.26 Å². The Hall–Kier alpha value is 1.97. The van der Waals surface area contributed by atoms with E-state index in [4.69, 9.17) is 14.4 Å². The third-order valence-corrected chi connectivity index (χ3v) is 0. The second-order valence-electron chi connectivity index (χ2n) is 0.238. The molecular weight excluding hydrogens is 178 g/mol. The molecule has 0 saturated carbocycles. The van der Waals surface area contributed by atoms with Crippen LogP contribution in [0, 0.1) is 0 Å². The van der Waals surface area contributed by atoms with Crippen molar-refractivity contribution in [1.29, 1.82) is 0 Å². The van der Waals surface area contributed by atoms with E-state index in [1.165, 1.54) is 0 Å². The molecule has 7 heteroatoms. The van der Waals surface area contributed by atoms with E-state index in [0.29, 0.717) is 0 Å². The Bertz CT molecular complexity index is 39.0. The maximum atomic E-state index is 8.59. The molecule has 8 heavy (non-hydrogen) atoms. The van der Waals surface area contributed by atoms with Gasteiger partial charge in [-0.1, -0.05) is 0 Å². The summed E-state index contributed by atoms with van der Waals surface area (Å²) in [7, 11) is -3.12. The fourth-order valence-electron chi connectivity index (χ4n) is 0. The third-order valence-electron chi connectivity index (χ3n) is 0. The Kier molecular flexibility index (Phi) is 64.9. The monoisotopic (exact) mass is 185 g/mol. The smallest absolute Gasteiger partial charge is 0.870 e. The van der Waals surface area contributed by atoms with Crippen LogP contribution in [0.4, 0.5) is 0 Å². The van der Waals surface area contributed by atoms with Gasteiger partial charge in [0, 0.05) is 0 Å². The van der Waals surface area contributed by atoms with Crippen molar-refractivity contribution >= 4 is 20.9 Å². The van der Waals surface area contributed by atoms with Crippen molar-refractivity contribution in [3.05, 3.63) is 0 Å². The molecule has 0 saturated heterocycles. The average molecular weight is 185 g/mol. The van der Waals surface area contributed by atoms with E-state index < -0.39 is 8.25 Å². The van der Waals surface area contributed by atoms with Crippen LogP contribution in [-0.2, 0) is 17.2 Å². The molecule has 0 spiro atoms. The van der Waals surface area contributed by atoms with E-state index >= 15 is 0 Å². The molecule has 46 valence electrons. The van der Waals surface area contributed by atoms with E-state index in [9.17, 15) is 0 Å². The predicted octanol–water partition coefficient (Wildman–Crippen LogP) is -4.55. The first-order chi connectivity index (χ1) is 2.73. The van der Waals surface area contributed by atoms with Crippen LogP contribution in [0.25, 0.3) is 0 Å². The van der Waals surface area contributed by atoms with Crippen molar-refractivity contribution in [3.63, 3.8) is 0 Å². The summed E-state index contributed by atoms with van der Waals surface area (Å²) < 4.78 is 8.59. The van der Waals surface area contributed by atoms with Crippen molar-refractivity contribution in [2.24, 2.45) is 0 Å². The van der Waals surface area contributed by atoms with Crippen LogP contribution in [0.2, 0.25) is 0 Å². The summed E-state index contributed by atoms with van der Waals surface area (Å²) in [6, 6.07) is 0. The summed E-state index contributed by atoms with van der Waals surface area (Å²) in [6.07, 6.45) is 1.81. The molecule has 2 N–H and O–H groups in total. The summed E-state index contributed by atoms with van der Waals surface area (Å²) in [6.45, 7) is 0. The first-order valence-electron chi connectivity index (χ1n) is 1.07. The van der Waals surface area contributed by atoms with Crippen LogP contribution in [0.3, 0.4) is 0 Å². The summed E-state index contributed by atoms with van der Waals surface area (Å²) in [5.41, 5.74) is 0. The zero-order valence-corrected chi connectivity index (χ0v) is 9.68. The van der Waals surface area contributed by atoms with Gasteiger partial charge < -0.3 is 10.4 Å². The largest absolute Gasteiger partial charge is 1.00 e. The number of hydrogen-bond acceptors (Lipinski definition) is 3. The molecule has 1 unspecified atom stereocenters. The molecule has 0 aromatic heterocycles. The van der Waals surface area contributed by atoms with Gasteiger partial charge in [0.2, 0.25) is 0 Å². The van der Waals surface area contributed by atoms with Gasteiger partial charge in [0.05, 0.1) is 6.26 Å². The molecule has 0 aliphatic rings. The maximum absolute atomic E-state index is 8.59. The maximum Gasteiger partial charge on any atom is 1.00 e. The molecular formula is CH7KO4PS+. The second kappa shape index (κ2) is 23.1. The molecule has 0 aliphatic carbocycles. The Morgan fingerprint density at radius 2 is 1.62 bits per heavy atom. The zero-order chi connectivity index (χ0) is 5.58. The first kappa shape index (κ1) is 22.5. The Morgan fingerprint density at radius 3 is 1.62 bits per heavy atom. The molecule has 0 radical (unpaired) electrons. The quantitative estimate of drug-likeness (QED) is 0.234. The Morgan fingerprint density at radius 1 is 1.62 bits per heavy atom. The molecule has 0 bridgehead atoms. The molecule has 4 nitrogen and oxygen atoms in total. The van der Waals surface area contributed by atoms with Gasteiger partial charge in [-0.3, -0.25) is 0 Å². The predicted molar refractivity (Wildman–Crippen MR) is 27.8 cm³/mol. The van der Waals surface area contributed by atoms with E-state index in [-0.39, 0.29) is 56.9 Å². The SMILES string of the molecule is C[SH2+].O=[P+]([O-])O.[K+].[OH-]. The molecule has 0 aromatic rings. The number of rotatable bonds is 0. The summed E-state index contributed by atoms with van der Waals surface area (Å²) >= 11 is 2.97. The second-order valence-corrected chi connectivity index (χ2v) is 0.714. The molecule has 0 heterocycles. The first-order valence-corrected chi connectivity index (χ1v) is 3.20. The summed E-state index contributed by atoms with van der Waals surface area (Å²) in [4.78, 5) is 15.6. The Balaban J connectivity index is -0.0000000183. The van der Waals surface area contributed by atoms with Gasteiger partial charge in [-0.05, 0) is 17.2 Å². The van der Waals surface area contributed by atoms with Gasteiger partial charge in [0.1, 0.15) is 0 Å². The van der Waals surface area contributed by atoms with Gasteiger partial charge in [-0.2, -0.15) is 4.89 Å². The van der Waals surface area contributed by atoms with E-state index in [2.05, 4.69) is 12.6 Å². The van der Waals surface area contributed by atoms with Crippen molar-refractivity contribution in [2.75, 3.05) is 6.26 Å². The van der Waals surface area contributed by atoms with E-state index in [1.807, 2.05) is 0 Å². The Labute approximate surface area is 96.8 Å². The molecule has 1 atom stereocenters. The van der Waals surface area contributed by atoms with Crippen LogP contribution < -0.4 is 56.3 Å². The van der Waals surface area contributed by atoms with Crippen LogP contribution in [0.15, 0.2) is 0 Å². The minimum atomic E-state index is -3.12. The van der Waals surface area contributed by atoms with Crippen molar-refractivity contribution in [2.45, 2.75) is 0 Å². The van der Waals surface area contributed by atoms with Gasteiger partial charge in [-0.25, -0.2) is 0 Å². The topological polar surface area (TPSA) is 90.4 Å². The van der Waals surface area contributed by atoms with Crippen LogP contribution in [0.5, 0.6) is 0 Å². The fourth-order valence-corrected chi connectivity index (χ4v) is 0. The van der Waals surface area contributed by atoms with Gasteiger partial charge in [0.15, 0.2) is 0 Å². The number of hydrogen-bond donors (Lipinski definition) is 1. The van der Waals surface area contributed by atoms with Crippen LogP contribution in [0.1, 0.15) is 0 Å². The van der Waals surface area contributed by atoms with Crippen molar-refractivity contribution in [3.8, 4) is 0 Å². The van der Waals surface area contributed by atoms with Gasteiger partial charge in [0.25, 0.3) is 0 Å². The van der Waals surface area contributed by atoms with Crippen LogP contribution in [-0.4, -0.2) is 16.6 Å². The molecule has 0 amide bonds. The third kappa shape index (κ3) is 100.0. The summed E-state index contributed by atoms with van der Waals surface area (Å²) in [5, 5.41) is 0. The zero-order valence-electron chi connectivity index (χ0n) is 4.66. The normalized spacial score (nSPS) is 6.25. The van der Waals surface area contributed by atoms with Gasteiger partial charge in [-0.15, -0.1) is 0 Å².